The van der Waals surface area contributed by atoms with Gasteiger partial charge in [0, 0.05) is 42.2 Å². The molecule has 4 aromatic rings. The summed E-state index contributed by atoms with van der Waals surface area (Å²) in [6, 6.07) is 12.3. The number of carbonyl (C=O) groups excluding carboxylic acids is 1. The van der Waals surface area contributed by atoms with Gasteiger partial charge >= 0.3 is 5.82 Å². The summed E-state index contributed by atoms with van der Waals surface area (Å²) in [5, 5.41) is 6.54. The minimum absolute atomic E-state index is 0.0534. The van der Waals surface area contributed by atoms with Crippen LogP contribution in [0.4, 0.5) is 16.0 Å². The average Bonchev–Trinajstić information content (AvgIpc) is 3.02. The fourth-order valence-corrected chi connectivity index (χ4v) is 5.32. The molecule has 226 valence electrons. The maximum atomic E-state index is 13.5. The van der Waals surface area contributed by atoms with E-state index in [9.17, 15) is 14.1 Å². The largest absolute Gasteiger partial charge is 0.491 e. The number of fused-ring (bicyclic) bond motifs is 2. The van der Waals surface area contributed by atoms with E-state index >= 15 is 0 Å². The number of aromatic amines is 1. The Labute approximate surface area is 250 Å². The monoisotopic (exact) mass is 588 g/mol. The highest BCUT2D eigenvalue weighted by Crippen LogP contribution is 2.20. The number of carbonyl (C=O) groups is 1. The van der Waals surface area contributed by atoms with Crippen LogP contribution < -0.4 is 19.8 Å². The molecular weight excluding hydrogens is 549 g/mol. The lowest BCUT2D eigenvalue weighted by Gasteiger charge is -2.24. The summed E-state index contributed by atoms with van der Waals surface area (Å²) in [7, 11) is 0. The van der Waals surface area contributed by atoms with Crippen LogP contribution in [0, 0.1) is 10.7 Å². The van der Waals surface area contributed by atoms with E-state index < -0.39 is 11.9 Å². The quantitative estimate of drug-likeness (QED) is 0.137. The first-order valence-electron chi connectivity index (χ1n) is 14.9. The number of pyridine rings is 2. The molecule has 3 aromatic heterocycles. The van der Waals surface area contributed by atoms with Gasteiger partial charge in [0.25, 0.3) is 0 Å². The maximum Gasteiger partial charge on any atom is 0.336 e. The number of nitrogens with one attached hydrogen (secondary N) is 3. The van der Waals surface area contributed by atoms with Gasteiger partial charge in [-0.1, -0.05) is 23.1 Å². The lowest BCUT2D eigenvalue weighted by Crippen LogP contribution is -2.38. The summed E-state index contributed by atoms with van der Waals surface area (Å²) in [5.41, 5.74) is 3.57. The topological polar surface area (TPSA) is 118 Å². The number of para-hydroxylation sites is 2. The molecule has 3 N–H and O–H groups in total. The number of benzene rings is 1. The summed E-state index contributed by atoms with van der Waals surface area (Å²) in [6.07, 6.45) is 9.72. The van der Waals surface area contributed by atoms with Gasteiger partial charge in [-0.15, -0.1) is 0 Å². The molecule has 11 heteroatoms. The fourth-order valence-electron chi connectivity index (χ4n) is 5.32. The van der Waals surface area contributed by atoms with Crippen molar-refractivity contribution in [2.75, 3.05) is 43.4 Å². The molecule has 5 rings (SSSR count). The zero-order valence-corrected chi connectivity index (χ0v) is 24.5. The summed E-state index contributed by atoms with van der Waals surface area (Å²) in [6.45, 7) is 4.84. The highest BCUT2D eigenvalue weighted by molar-refractivity contribution is 5.84. The second kappa shape index (κ2) is 14.7. The van der Waals surface area contributed by atoms with Crippen LogP contribution in [0.15, 0.2) is 61.1 Å². The van der Waals surface area contributed by atoms with E-state index in [1.54, 1.807) is 18.3 Å². The summed E-state index contributed by atoms with van der Waals surface area (Å²) in [4.78, 5) is 39.6. The molecule has 0 aliphatic carbocycles. The number of halogens is 1. The van der Waals surface area contributed by atoms with E-state index in [1.807, 2.05) is 12.1 Å². The molecule has 1 aliphatic rings. The van der Waals surface area contributed by atoms with Gasteiger partial charge in [0.15, 0.2) is 11.8 Å². The van der Waals surface area contributed by atoms with Crippen LogP contribution in [0.2, 0.25) is 0 Å². The number of ether oxygens (including phenoxy) is 1. The highest BCUT2D eigenvalue weighted by Gasteiger charge is 2.23. The Bertz CT molecular complexity index is 1600. The molecular formula is C32H39FN7O3+. The number of Topliss-reactive ketones (excluding diaryl/α,β-unsaturated/α-hetero) is 1. The zero-order chi connectivity index (χ0) is 30.0. The van der Waals surface area contributed by atoms with Gasteiger partial charge < -0.3 is 15.0 Å². The van der Waals surface area contributed by atoms with E-state index in [1.165, 1.54) is 24.8 Å². The van der Waals surface area contributed by atoms with E-state index in [0.29, 0.717) is 48.7 Å². The number of anilines is 2. The van der Waals surface area contributed by atoms with Gasteiger partial charge in [0.2, 0.25) is 5.52 Å². The standard InChI is InChI=1S/C32H39FN7O3/c1-23(41)28(38-31-22-36-29-9-2-3-10-30(29)40(31)42)13-16-39(17-18-43-27-19-25(33)20-34-21-27)15-5-4-8-26-12-11-24-7-6-14-35-32(24)37-26/h2-3,9-12,19-22,28,38H,4-8,13-18H2,1H3,(H,35,37)(H,36,42)/q+1/t28-/m0/s1. The molecule has 1 atom stereocenters. The van der Waals surface area contributed by atoms with Crippen molar-refractivity contribution in [1.82, 2.24) is 19.9 Å². The van der Waals surface area contributed by atoms with E-state index in [-0.39, 0.29) is 5.78 Å². The number of nitrogens with zero attached hydrogens (tertiary/aromatic N) is 4. The molecule has 43 heavy (non-hydrogen) atoms. The molecule has 0 saturated heterocycles. The summed E-state index contributed by atoms with van der Waals surface area (Å²) >= 11 is 0. The van der Waals surface area contributed by atoms with Crippen LogP contribution in [0.3, 0.4) is 0 Å². The van der Waals surface area contributed by atoms with Crippen LogP contribution in [-0.2, 0) is 17.6 Å². The molecule has 4 heterocycles. The smallest absolute Gasteiger partial charge is 0.336 e. The molecule has 0 saturated carbocycles. The molecule has 0 fully saturated rings. The zero-order valence-electron chi connectivity index (χ0n) is 24.5. The number of aryl methyl sites for hydroxylation is 2. The van der Waals surface area contributed by atoms with Crippen LogP contribution >= 0.6 is 0 Å². The predicted octanol–water partition coefficient (Wildman–Crippen LogP) is 4.53. The molecule has 0 bridgehead atoms. The van der Waals surface area contributed by atoms with Crippen molar-refractivity contribution >= 4 is 28.5 Å². The number of unbranched alkanes of at least 4 members (excludes halogenated alkanes) is 1. The molecule has 1 aliphatic heterocycles. The third-order valence-electron chi connectivity index (χ3n) is 7.72. The minimum Gasteiger partial charge on any atom is -0.491 e. The normalized spacial score (nSPS) is 13.4. The van der Waals surface area contributed by atoms with Crippen molar-refractivity contribution in [3.63, 3.8) is 0 Å². The molecule has 10 nitrogen and oxygen atoms in total. The lowest BCUT2D eigenvalue weighted by molar-refractivity contribution is -0.448. The number of aromatic nitrogens is 4. The minimum atomic E-state index is -0.544. The van der Waals surface area contributed by atoms with Crippen LogP contribution in [0.1, 0.15) is 43.9 Å². The van der Waals surface area contributed by atoms with E-state index in [4.69, 9.17) is 9.72 Å². The van der Waals surface area contributed by atoms with Crippen LogP contribution in [0.25, 0.3) is 11.0 Å². The first-order valence-corrected chi connectivity index (χ1v) is 14.9. The lowest BCUT2D eigenvalue weighted by atomic mass is 10.1. The van der Waals surface area contributed by atoms with Crippen molar-refractivity contribution in [3.05, 3.63) is 83.0 Å². The number of rotatable bonds is 15. The first-order chi connectivity index (χ1) is 21.0. The summed E-state index contributed by atoms with van der Waals surface area (Å²) < 4.78 is 20.1. The molecule has 0 radical (unpaired) electrons. The molecule has 0 amide bonds. The Balaban J connectivity index is 1.19. The first kappa shape index (κ1) is 30.1. The van der Waals surface area contributed by atoms with Gasteiger partial charge in [-0.3, -0.25) is 20.0 Å². The van der Waals surface area contributed by atoms with Gasteiger partial charge in [-0.25, -0.2) is 9.37 Å². The second-order valence-electron chi connectivity index (χ2n) is 10.9. The maximum absolute atomic E-state index is 13.5. The van der Waals surface area contributed by atoms with E-state index in [0.717, 1.165) is 67.3 Å². The number of hydrogen-bond acceptors (Lipinski definition) is 8. The van der Waals surface area contributed by atoms with Crippen LogP contribution in [0.5, 0.6) is 5.75 Å². The Hall–Kier alpha value is -4.38. The predicted molar refractivity (Wildman–Crippen MR) is 164 cm³/mol. The number of hydrogen-bond donors (Lipinski definition) is 3. The Kier molecular flexibility index (Phi) is 10.3. The highest BCUT2D eigenvalue weighted by atomic mass is 19.1. The van der Waals surface area contributed by atoms with Crippen LogP contribution in [-0.4, -0.2) is 64.5 Å². The molecule has 0 spiro atoms. The third kappa shape index (κ3) is 8.35. The Morgan fingerprint density at radius 1 is 1.16 bits per heavy atom. The number of ketones is 1. The van der Waals surface area contributed by atoms with Crippen molar-refractivity contribution in [2.45, 2.75) is 51.5 Å². The van der Waals surface area contributed by atoms with Gasteiger partial charge in [0.1, 0.15) is 24.0 Å². The number of H-pyrrole nitrogens is 1. The van der Waals surface area contributed by atoms with Crippen molar-refractivity contribution in [1.29, 1.82) is 0 Å². The Morgan fingerprint density at radius 3 is 2.91 bits per heavy atom. The average molecular weight is 589 g/mol. The summed E-state index contributed by atoms with van der Waals surface area (Å²) in [5.74, 6) is 1.18. The second-order valence-corrected chi connectivity index (χ2v) is 10.9. The molecule has 0 unspecified atom stereocenters. The van der Waals surface area contributed by atoms with Crippen molar-refractivity contribution in [2.24, 2.45) is 0 Å². The molecule has 1 aromatic carbocycles. The van der Waals surface area contributed by atoms with Gasteiger partial charge in [0.05, 0.1) is 24.1 Å². The Morgan fingerprint density at radius 2 is 2.05 bits per heavy atom. The van der Waals surface area contributed by atoms with E-state index in [2.05, 4.69) is 37.6 Å². The van der Waals surface area contributed by atoms with Crippen molar-refractivity contribution < 1.29 is 18.3 Å². The SMILES string of the molecule is CC(=O)[C@H](CCN(CCCCc1ccc2c(n1)NCCC2)CCOc1cncc(F)c1)Nc1c[nH]c2ccccc2[n+]1=O. The van der Waals surface area contributed by atoms with Gasteiger partial charge in [-0.05, 0) is 69.3 Å². The van der Waals surface area contributed by atoms with Gasteiger partial charge in [-0.2, -0.15) is 0 Å². The van der Waals surface area contributed by atoms with Crippen molar-refractivity contribution in [3.8, 4) is 5.75 Å². The fraction of sp³-hybridized carbons (Fsp3) is 0.406. The third-order valence-corrected chi connectivity index (χ3v) is 7.72.